The molecule has 0 unspecified atom stereocenters. The molecule has 5 heteroatoms. The minimum atomic E-state index is 0.0152. The van der Waals surface area contributed by atoms with Gasteiger partial charge in [-0.05, 0) is 73.9 Å². The maximum atomic E-state index is 13.4. The Balaban J connectivity index is 1.26. The average Bonchev–Trinajstić information content (AvgIpc) is 3.62. The van der Waals surface area contributed by atoms with Gasteiger partial charge < -0.3 is 14.5 Å². The van der Waals surface area contributed by atoms with Gasteiger partial charge in [0.25, 0.3) is 11.8 Å². The summed E-state index contributed by atoms with van der Waals surface area (Å²) in [5, 5.41) is 0. The highest BCUT2D eigenvalue weighted by Crippen LogP contribution is 2.44. The average molecular weight is 419 g/mol. The molecule has 0 aromatic heterocycles. The quantitative estimate of drug-likeness (QED) is 0.737. The van der Waals surface area contributed by atoms with Crippen LogP contribution in [0.2, 0.25) is 0 Å². The van der Waals surface area contributed by atoms with Crippen molar-refractivity contribution in [3.8, 4) is 0 Å². The highest BCUT2D eigenvalue weighted by Gasteiger charge is 2.44. The fraction of sp³-hybridized carbons (Fsp3) is 0.462. The number of carbonyl (C=O) groups excluding carboxylic acids is 2. The normalized spacial score (nSPS) is 23.2. The van der Waals surface area contributed by atoms with E-state index in [0.717, 1.165) is 25.7 Å². The smallest absolute Gasteiger partial charge is 0.254 e. The third kappa shape index (κ3) is 4.11. The van der Waals surface area contributed by atoms with E-state index >= 15 is 0 Å². The Morgan fingerprint density at radius 2 is 1.55 bits per heavy atom. The molecule has 0 N–H and O–H groups in total. The van der Waals surface area contributed by atoms with Crippen LogP contribution in [0.3, 0.4) is 0 Å². The van der Waals surface area contributed by atoms with E-state index in [4.69, 9.17) is 4.74 Å². The van der Waals surface area contributed by atoms with Gasteiger partial charge in [0.05, 0.1) is 13.2 Å². The highest BCUT2D eigenvalue weighted by atomic mass is 16.5. The Bertz CT molecular complexity index is 955. The summed E-state index contributed by atoms with van der Waals surface area (Å²) in [4.78, 5) is 30.0. The first kappa shape index (κ1) is 20.3. The molecule has 1 heterocycles. The number of nitrogens with zero attached hydrogens (tertiary/aromatic N) is 2. The molecule has 3 fully saturated rings. The Morgan fingerprint density at radius 1 is 0.903 bits per heavy atom. The standard InChI is InChI=1S/C26H30N2O3/c1-18-4-2-3-5-24(18)21-16-23(17-21)28(22-10-11-22)26(30)20-8-6-19(7-9-20)25(29)27-12-14-31-15-13-27/h2-9,21-23H,10-17H2,1H3. The Labute approximate surface area is 184 Å². The molecular formula is C26H30N2O3. The molecule has 2 aromatic carbocycles. The second-order valence-corrected chi connectivity index (χ2v) is 9.10. The van der Waals surface area contributed by atoms with Gasteiger partial charge >= 0.3 is 0 Å². The lowest BCUT2D eigenvalue weighted by Gasteiger charge is -2.44. The van der Waals surface area contributed by atoms with Gasteiger partial charge in [-0.2, -0.15) is 0 Å². The van der Waals surface area contributed by atoms with E-state index in [1.807, 2.05) is 17.0 Å². The van der Waals surface area contributed by atoms with Crippen LogP contribution < -0.4 is 0 Å². The Hall–Kier alpha value is -2.66. The summed E-state index contributed by atoms with van der Waals surface area (Å²) in [5.74, 6) is 0.677. The molecule has 3 aliphatic rings. The Kier molecular flexibility index (Phi) is 5.53. The van der Waals surface area contributed by atoms with E-state index in [1.54, 1.807) is 12.1 Å². The van der Waals surface area contributed by atoms with Crippen LogP contribution in [0.4, 0.5) is 0 Å². The lowest BCUT2D eigenvalue weighted by atomic mass is 9.73. The summed E-state index contributed by atoms with van der Waals surface area (Å²) in [5.41, 5.74) is 4.09. The maximum Gasteiger partial charge on any atom is 0.254 e. The van der Waals surface area contributed by atoms with Gasteiger partial charge in [-0.25, -0.2) is 0 Å². The number of ether oxygens (including phenoxy) is 1. The number of carbonyl (C=O) groups is 2. The third-order valence-corrected chi connectivity index (χ3v) is 6.99. The van der Waals surface area contributed by atoms with Crippen molar-refractivity contribution in [2.24, 2.45) is 0 Å². The van der Waals surface area contributed by atoms with Gasteiger partial charge in [-0.15, -0.1) is 0 Å². The molecule has 1 aliphatic heterocycles. The largest absolute Gasteiger partial charge is 0.378 e. The molecule has 0 bridgehead atoms. The van der Waals surface area contributed by atoms with E-state index in [9.17, 15) is 9.59 Å². The van der Waals surface area contributed by atoms with Crippen LogP contribution >= 0.6 is 0 Å². The van der Waals surface area contributed by atoms with Crippen molar-refractivity contribution in [2.75, 3.05) is 26.3 Å². The number of hydrogen-bond donors (Lipinski definition) is 0. The van der Waals surface area contributed by atoms with Crippen LogP contribution in [0.5, 0.6) is 0 Å². The molecule has 5 rings (SSSR count). The Morgan fingerprint density at radius 3 is 2.19 bits per heavy atom. The van der Waals surface area contributed by atoms with Crippen molar-refractivity contribution in [1.29, 1.82) is 0 Å². The summed E-state index contributed by atoms with van der Waals surface area (Å²) >= 11 is 0. The van der Waals surface area contributed by atoms with E-state index in [1.165, 1.54) is 11.1 Å². The molecule has 2 aromatic rings. The van der Waals surface area contributed by atoms with Crippen LogP contribution in [-0.4, -0.2) is 60.0 Å². The number of amides is 2. The summed E-state index contributed by atoms with van der Waals surface area (Å²) in [6.07, 6.45) is 4.29. The molecular weight excluding hydrogens is 388 g/mol. The molecule has 0 radical (unpaired) electrons. The molecule has 31 heavy (non-hydrogen) atoms. The van der Waals surface area contributed by atoms with Crippen molar-refractivity contribution in [2.45, 2.75) is 50.6 Å². The van der Waals surface area contributed by atoms with Gasteiger partial charge in [-0.3, -0.25) is 9.59 Å². The molecule has 0 atom stereocenters. The van der Waals surface area contributed by atoms with Crippen LogP contribution in [0.1, 0.15) is 63.4 Å². The summed E-state index contributed by atoms with van der Waals surface area (Å²) < 4.78 is 5.33. The molecule has 5 nitrogen and oxygen atoms in total. The monoisotopic (exact) mass is 418 g/mol. The van der Waals surface area contributed by atoms with E-state index in [-0.39, 0.29) is 11.8 Å². The maximum absolute atomic E-state index is 13.4. The van der Waals surface area contributed by atoms with Crippen LogP contribution in [0.15, 0.2) is 48.5 Å². The van der Waals surface area contributed by atoms with E-state index in [0.29, 0.717) is 55.4 Å². The minimum Gasteiger partial charge on any atom is -0.378 e. The van der Waals surface area contributed by atoms with Gasteiger partial charge in [-0.1, -0.05) is 24.3 Å². The van der Waals surface area contributed by atoms with Crippen LogP contribution in [0, 0.1) is 6.92 Å². The van der Waals surface area contributed by atoms with Gasteiger partial charge in [0.1, 0.15) is 0 Å². The van der Waals surface area contributed by atoms with Crippen molar-refractivity contribution >= 4 is 11.8 Å². The predicted molar refractivity (Wildman–Crippen MR) is 119 cm³/mol. The van der Waals surface area contributed by atoms with Crippen molar-refractivity contribution in [3.63, 3.8) is 0 Å². The SMILES string of the molecule is Cc1ccccc1C1CC(N(C(=O)c2ccc(C(=O)N3CCOCC3)cc2)C2CC2)C1. The molecule has 162 valence electrons. The zero-order chi connectivity index (χ0) is 21.4. The molecule has 0 spiro atoms. The fourth-order valence-electron chi connectivity index (χ4n) is 4.95. The second-order valence-electron chi connectivity index (χ2n) is 9.10. The number of aryl methyl sites for hydroxylation is 1. The predicted octanol–water partition coefficient (Wildman–Crippen LogP) is 4.02. The first-order chi connectivity index (χ1) is 15.1. The fourth-order valence-corrected chi connectivity index (χ4v) is 4.95. The molecule has 1 saturated heterocycles. The molecule has 2 amide bonds. The second kappa shape index (κ2) is 8.46. The number of hydrogen-bond acceptors (Lipinski definition) is 3. The number of morpholine rings is 1. The number of rotatable bonds is 5. The minimum absolute atomic E-state index is 0.0152. The highest BCUT2D eigenvalue weighted by molar-refractivity contribution is 5.98. The van der Waals surface area contributed by atoms with Gasteiger partial charge in [0.2, 0.25) is 0 Å². The lowest BCUT2D eigenvalue weighted by Crippen LogP contribution is -2.48. The summed E-state index contributed by atoms with van der Waals surface area (Å²) in [6.45, 7) is 4.59. The lowest BCUT2D eigenvalue weighted by molar-refractivity contribution is 0.0302. The molecule has 2 saturated carbocycles. The first-order valence-corrected chi connectivity index (χ1v) is 11.5. The zero-order valence-electron chi connectivity index (χ0n) is 18.1. The van der Waals surface area contributed by atoms with Crippen molar-refractivity contribution in [3.05, 3.63) is 70.8 Å². The summed E-state index contributed by atoms with van der Waals surface area (Å²) in [6, 6.07) is 16.5. The van der Waals surface area contributed by atoms with Crippen LogP contribution in [-0.2, 0) is 4.74 Å². The van der Waals surface area contributed by atoms with Gasteiger partial charge in [0.15, 0.2) is 0 Å². The molecule has 2 aliphatic carbocycles. The first-order valence-electron chi connectivity index (χ1n) is 11.5. The van der Waals surface area contributed by atoms with E-state index in [2.05, 4.69) is 36.1 Å². The van der Waals surface area contributed by atoms with Gasteiger partial charge in [0, 0.05) is 36.3 Å². The van der Waals surface area contributed by atoms with E-state index < -0.39 is 0 Å². The van der Waals surface area contributed by atoms with Crippen molar-refractivity contribution in [1.82, 2.24) is 9.80 Å². The van der Waals surface area contributed by atoms with Crippen molar-refractivity contribution < 1.29 is 14.3 Å². The number of benzene rings is 2. The zero-order valence-corrected chi connectivity index (χ0v) is 18.1. The third-order valence-electron chi connectivity index (χ3n) is 6.99. The topological polar surface area (TPSA) is 49.9 Å². The van der Waals surface area contributed by atoms with Crippen LogP contribution in [0.25, 0.3) is 0 Å². The summed E-state index contributed by atoms with van der Waals surface area (Å²) in [7, 11) is 0.